The van der Waals surface area contributed by atoms with Gasteiger partial charge in [0.15, 0.2) is 0 Å². The van der Waals surface area contributed by atoms with Crippen molar-refractivity contribution in [3.05, 3.63) is 65.2 Å². The second-order valence-electron chi connectivity index (χ2n) is 6.55. The van der Waals surface area contributed by atoms with E-state index in [0.29, 0.717) is 13.0 Å². The molecule has 0 aromatic heterocycles. The van der Waals surface area contributed by atoms with Crippen LogP contribution < -0.4 is 4.74 Å². The van der Waals surface area contributed by atoms with Crippen molar-refractivity contribution in [1.82, 2.24) is 0 Å². The van der Waals surface area contributed by atoms with Crippen molar-refractivity contribution >= 4 is 6.29 Å². The van der Waals surface area contributed by atoms with Gasteiger partial charge in [-0.1, -0.05) is 63.2 Å². The molecule has 0 aliphatic carbocycles. The molecule has 0 bridgehead atoms. The molecule has 116 valence electrons. The van der Waals surface area contributed by atoms with Gasteiger partial charge < -0.3 is 9.53 Å². The van der Waals surface area contributed by atoms with Crippen molar-refractivity contribution in [3.8, 4) is 5.75 Å². The molecule has 0 saturated heterocycles. The molecule has 0 radical (unpaired) electrons. The van der Waals surface area contributed by atoms with E-state index in [9.17, 15) is 4.79 Å². The summed E-state index contributed by atoms with van der Waals surface area (Å²) in [6.07, 6.45) is 2.20. The SMILES string of the molecule is CC(C)(C)c1ccc(COc2ccccc2CCC=O)cc1. The largest absolute Gasteiger partial charge is 0.489 e. The van der Waals surface area contributed by atoms with Crippen LogP contribution in [0.25, 0.3) is 0 Å². The summed E-state index contributed by atoms with van der Waals surface area (Å²) in [5, 5.41) is 0. The molecule has 0 aliphatic rings. The Hall–Kier alpha value is -2.09. The number of benzene rings is 2. The van der Waals surface area contributed by atoms with Gasteiger partial charge in [0.05, 0.1) is 0 Å². The number of aldehydes is 1. The predicted molar refractivity (Wildman–Crippen MR) is 90.3 cm³/mol. The Morgan fingerprint density at radius 2 is 1.68 bits per heavy atom. The third-order valence-corrected chi connectivity index (χ3v) is 3.72. The standard InChI is InChI=1S/C20H24O2/c1-20(2,3)18-12-10-16(11-13-18)15-22-19-9-5-4-7-17(19)8-6-14-21/h4-5,7,9-14H,6,8,15H2,1-3H3. The lowest BCUT2D eigenvalue weighted by Crippen LogP contribution is -2.10. The van der Waals surface area contributed by atoms with Crippen LogP contribution >= 0.6 is 0 Å². The van der Waals surface area contributed by atoms with Crippen LogP contribution in [0.15, 0.2) is 48.5 Å². The minimum absolute atomic E-state index is 0.167. The van der Waals surface area contributed by atoms with E-state index >= 15 is 0 Å². The average molecular weight is 296 g/mol. The lowest BCUT2D eigenvalue weighted by atomic mass is 9.87. The van der Waals surface area contributed by atoms with Crippen LogP contribution in [-0.4, -0.2) is 6.29 Å². The second kappa shape index (κ2) is 7.26. The fourth-order valence-electron chi connectivity index (χ4n) is 2.33. The average Bonchev–Trinajstić information content (AvgIpc) is 2.51. The third kappa shape index (κ3) is 4.45. The zero-order valence-corrected chi connectivity index (χ0v) is 13.6. The van der Waals surface area contributed by atoms with Crippen LogP contribution in [-0.2, 0) is 23.2 Å². The molecule has 0 atom stereocenters. The van der Waals surface area contributed by atoms with E-state index in [1.165, 1.54) is 5.56 Å². The lowest BCUT2D eigenvalue weighted by molar-refractivity contribution is -0.107. The summed E-state index contributed by atoms with van der Waals surface area (Å²) in [7, 11) is 0. The van der Waals surface area contributed by atoms with Gasteiger partial charge in [-0.3, -0.25) is 0 Å². The summed E-state index contributed by atoms with van der Waals surface area (Å²) in [5.74, 6) is 0.865. The molecule has 22 heavy (non-hydrogen) atoms. The van der Waals surface area contributed by atoms with Crippen molar-refractivity contribution in [1.29, 1.82) is 0 Å². The number of para-hydroxylation sites is 1. The van der Waals surface area contributed by atoms with Gasteiger partial charge in [0.2, 0.25) is 0 Å². The van der Waals surface area contributed by atoms with Gasteiger partial charge in [0, 0.05) is 6.42 Å². The zero-order valence-electron chi connectivity index (χ0n) is 13.6. The molecular formula is C20H24O2. The first-order valence-electron chi connectivity index (χ1n) is 7.74. The maximum Gasteiger partial charge on any atom is 0.123 e. The Kier molecular flexibility index (Phi) is 5.37. The number of rotatable bonds is 6. The Morgan fingerprint density at radius 3 is 2.32 bits per heavy atom. The fourth-order valence-corrected chi connectivity index (χ4v) is 2.33. The monoisotopic (exact) mass is 296 g/mol. The highest BCUT2D eigenvalue weighted by molar-refractivity contribution is 5.50. The van der Waals surface area contributed by atoms with E-state index in [1.54, 1.807) is 0 Å². The molecule has 0 fully saturated rings. The minimum atomic E-state index is 0.167. The van der Waals surface area contributed by atoms with E-state index in [-0.39, 0.29) is 5.41 Å². The maximum absolute atomic E-state index is 10.5. The molecule has 0 amide bonds. The molecule has 2 aromatic carbocycles. The Balaban J connectivity index is 2.02. The van der Waals surface area contributed by atoms with E-state index in [1.807, 2.05) is 24.3 Å². The molecule has 0 spiro atoms. The summed E-state index contributed by atoms with van der Waals surface area (Å²) in [6.45, 7) is 7.17. The number of carbonyl (C=O) groups is 1. The van der Waals surface area contributed by atoms with Gasteiger partial charge in [0.25, 0.3) is 0 Å². The second-order valence-corrected chi connectivity index (χ2v) is 6.55. The normalized spacial score (nSPS) is 11.2. The number of hydrogen-bond acceptors (Lipinski definition) is 2. The van der Waals surface area contributed by atoms with Gasteiger partial charge in [-0.15, -0.1) is 0 Å². The van der Waals surface area contributed by atoms with E-state index in [0.717, 1.165) is 29.6 Å². The Morgan fingerprint density at radius 1 is 1.00 bits per heavy atom. The van der Waals surface area contributed by atoms with Crippen molar-refractivity contribution in [3.63, 3.8) is 0 Å². The summed E-state index contributed by atoms with van der Waals surface area (Å²) in [4.78, 5) is 10.5. The number of hydrogen-bond donors (Lipinski definition) is 0. The van der Waals surface area contributed by atoms with Gasteiger partial charge in [0.1, 0.15) is 18.6 Å². The maximum atomic E-state index is 10.5. The van der Waals surface area contributed by atoms with Gasteiger partial charge in [-0.2, -0.15) is 0 Å². The fraction of sp³-hybridized carbons (Fsp3) is 0.350. The first-order valence-corrected chi connectivity index (χ1v) is 7.74. The smallest absolute Gasteiger partial charge is 0.123 e. The van der Waals surface area contributed by atoms with Crippen molar-refractivity contribution < 1.29 is 9.53 Å². The molecule has 0 aliphatic heterocycles. The quantitative estimate of drug-likeness (QED) is 0.723. The van der Waals surface area contributed by atoms with Crippen molar-refractivity contribution in [2.24, 2.45) is 0 Å². The first-order chi connectivity index (χ1) is 10.5. The molecule has 2 nitrogen and oxygen atoms in total. The van der Waals surface area contributed by atoms with Crippen LogP contribution in [0.5, 0.6) is 5.75 Å². The highest BCUT2D eigenvalue weighted by Crippen LogP contribution is 2.24. The van der Waals surface area contributed by atoms with Crippen molar-refractivity contribution in [2.75, 3.05) is 0 Å². The molecule has 0 saturated carbocycles. The highest BCUT2D eigenvalue weighted by Gasteiger charge is 2.12. The summed E-state index contributed by atoms with van der Waals surface area (Å²) in [6, 6.07) is 16.5. The predicted octanol–water partition coefficient (Wildman–Crippen LogP) is 4.69. The van der Waals surface area contributed by atoms with Crippen LogP contribution in [0.1, 0.15) is 43.9 Å². The molecule has 0 N–H and O–H groups in total. The van der Waals surface area contributed by atoms with Crippen LogP contribution in [0.2, 0.25) is 0 Å². The lowest BCUT2D eigenvalue weighted by Gasteiger charge is -2.19. The highest BCUT2D eigenvalue weighted by atomic mass is 16.5. The number of aryl methyl sites for hydroxylation is 1. The Bertz CT molecular complexity index is 606. The molecule has 2 heteroatoms. The van der Waals surface area contributed by atoms with E-state index in [4.69, 9.17) is 4.74 Å². The Labute approximate surface area is 133 Å². The van der Waals surface area contributed by atoms with Gasteiger partial charge in [-0.25, -0.2) is 0 Å². The van der Waals surface area contributed by atoms with E-state index < -0.39 is 0 Å². The number of carbonyl (C=O) groups excluding carboxylic acids is 1. The molecule has 2 aromatic rings. The van der Waals surface area contributed by atoms with Crippen LogP contribution in [0, 0.1) is 0 Å². The topological polar surface area (TPSA) is 26.3 Å². The van der Waals surface area contributed by atoms with Gasteiger partial charge in [-0.05, 0) is 34.6 Å². The summed E-state index contributed by atoms with van der Waals surface area (Å²) < 4.78 is 5.93. The first kappa shape index (κ1) is 16.3. The molecule has 0 heterocycles. The van der Waals surface area contributed by atoms with Crippen molar-refractivity contribution in [2.45, 2.75) is 45.6 Å². The number of ether oxygens (including phenoxy) is 1. The van der Waals surface area contributed by atoms with E-state index in [2.05, 4.69) is 45.0 Å². The zero-order chi connectivity index (χ0) is 16.0. The summed E-state index contributed by atoms with van der Waals surface area (Å²) >= 11 is 0. The molecule has 0 unspecified atom stereocenters. The summed E-state index contributed by atoms with van der Waals surface area (Å²) in [5.41, 5.74) is 3.72. The third-order valence-electron chi connectivity index (χ3n) is 3.72. The molecular weight excluding hydrogens is 272 g/mol. The van der Waals surface area contributed by atoms with Crippen LogP contribution in [0.3, 0.4) is 0 Å². The van der Waals surface area contributed by atoms with Gasteiger partial charge >= 0.3 is 0 Å². The van der Waals surface area contributed by atoms with Crippen LogP contribution in [0.4, 0.5) is 0 Å². The minimum Gasteiger partial charge on any atom is -0.489 e. The molecule has 2 rings (SSSR count).